The number of pyridine rings is 1. The van der Waals surface area contributed by atoms with Gasteiger partial charge in [-0.05, 0) is 56.5 Å². The molecule has 1 amide bonds. The van der Waals surface area contributed by atoms with Gasteiger partial charge in [-0.25, -0.2) is 0 Å². The van der Waals surface area contributed by atoms with Crippen LogP contribution in [0.1, 0.15) is 40.4 Å². The highest BCUT2D eigenvalue weighted by Crippen LogP contribution is 2.32. The molecule has 1 atom stereocenters. The minimum Gasteiger partial charge on any atom is -0.488 e. The molecule has 142 valence electrons. The SMILES string of the molecule is Cc1cc(C(=O)N2CCC(C)(C(=O)O)C2)cc(C)c1OCc1cccnc1. The van der Waals surface area contributed by atoms with Crippen molar-refractivity contribution in [2.45, 2.75) is 33.8 Å². The summed E-state index contributed by atoms with van der Waals surface area (Å²) in [6.45, 7) is 6.61. The van der Waals surface area contributed by atoms with E-state index in [1.54, 1.807) is 24.2 Å². The van der Waals surface area contributed by atoms with Crippen LogP contribution >= 0.6 is 0 Å². The molecule has 6 heteroatoms. The first kappa shape index (κ1) is 18.9. The van der Waals surface area contributed by atoms with Gasteiger partial charge in [0.2, 0.25) is 0 Å². The van der Waals surface area contributed by atoms with Gasteiger partial charge in [0.1, 0.15) is 12.4 Å². The van der Waals surface area contributed by atoms with Gasteiger partial charge in [0.05, 0.1) is 5.41 Å². The summed E-state index contributed by atoms with van der Waals surface area (Å²) in [6.07, 6.45) is 3.95. The van der Waals surface area contributed by atoms with E-state index in [0.717, 1.165) is 22.4 Å². The third-order valence-corrected chi connectivity index (χ3v) is 5.09. The number of carboxylic acid groups (broad SMARTS) is 1. The average molecular weight is 368 g/mol. The Hall–Kier alpha value is -2.89. The van der Waals surface area contributed by atoms with Crippen LogP contribution in [-0.4, -0.2) is 40.0 Å². The minimum absolute atomic E-state index is 0.134. The molecule has 27 heavy (non-hydrogen) atoms. The molecule has 2 heterocycles. The molecule has 1 aliphatic heterocycles. The first-order valence-corrected chi connectivity index (χ1v) is 8.96. The lowest BCUT2D eigenvalue weighted by Crippen LogP contribution is -2.34. The highest BCUT2D eigenvalue weighted by Gasteiger charge is 2.42. The topological polar surface area (TPSA) is 79.7 Å². The first-order chi connectivity index (χ1) is 12.8. The van der Waals surface area contributed by atoms with Crippen LogP contribution in [0.4, 0.5) is 0 Å². The lowest BCUT2D eigenvalue weighted by molar-refractivity contribution is -0.147. The maximum Gasteiger partial charge on any atom is 0.311 e. The van der Waals surface area contributed by atoms with Gasteiger partial charge >= 0.3 is 5.97 Å². The Morgan fingerprint density at radius 1 is 1.30 bits per heavy atom. The Morgan fingerprint density at radius 3 is 2.56 bits per heavy atom. The average Bonchev–Trinajstić information content (AvgIpc) is 3.05. The van der Waals surface area contributed by atoms with E-state index in [9.17, 15) is 14.7 Å². The predicted molar refractivity (Wildman–Crippen MR) is 101 cm³/mol. The van der Waals surface area contributed by atoms with Crippen LogP contribution in [-0.2, 0) is 11.4 Å². The second-order valence-corrected chi connectivity index (χ2v) is 7.43. The fourth-order valence-corrected chi connectivity index (χ4v) is 3.43. The van der Waals surface area contributed by atoms with Crippen LogP contribution in [0, 0.1) is 19.3 Å². The van der Waals surface area contributed by atoms with E-state index in [-0.39, 0.29) is 12.5 Å². The number of amides is 1. The molecule has 0 saturated carbocycles. The Labute approximate surface area is 158 Å². The Morgan fingerprint density at radius 2 is 2.00 bits per heavy atom. The number of nitrogens with zero attached hydrogens (tertiary/aromatic N) is 2. The molecule has 3 rings (SSSR count). The van der Waals surface area contributed by atoms with Crippen LogP contribution in [0.5, 0.6) is 5.75 Å². The van der Waals surface area contributed by atoms with Gasteiger partial charge in [-0.1, -0.05) is 6.07 Å². The van der Waals surface area contributed by atoms with E-state index >= 15 is 0 Å². The lowest BCUT2D eigenvalue weighted by atomic mass is 9.90. The second-order valence-electron chi connectivity index (χ2n) is 7.43. The molecule has 2 aromatic rings. The Bertz CT molecular complexity index is 843. The first-order valence-electron chi connectivity index (χ1n) is 8.96. The molecule has 0 spiro atoms. The maximum absolute atomic E-state index is 12.8. The van der Waals surface area contributed by atoms with E-state index in [1.165, 1.54) is 0 Å². The Balaban J connectivity index is 1.74. The van der Waals surface area contributed by atoms with Crippen molar-refractivity contribution in [1.29, 1.82) is 0 Å². The molecular weight excluding hydrogens is 344 g/mol. The monoisotopic (exact) mass is 368 g/mol. The number of likely N-dealkylation sites (tertiary alicyclic amines) is 1. The molecule has 1 aromatic heterocycles. The van der Waals surface area contributed by atoms with E-state index in [4.69, 9.17) is 4.74 Å². The number of hydrogen-bond donors (Lipinski definition) is 1. The number of carboxylic acids is 1. The molecule has 6 nitrogen and oxygen atoms in total. The van der Waals surface area contributed by atoms with Crippen molar-refractivity contribution >= 4 is 11.9 Å². The maximum atomic E-state index is 12.8. The van der Waals surface area contributed by atoms with Gasteiger partial charge in [0.25, 0.3) is 5.91 Å². The standard InChI is InChI=1S/C21H24N2O4/c1-14-9-17(19(24)23-8-6-21(3,13-23)20(25)26)10-15(2)18(14)27-12-16-5-4-7-22-11-16/h4-5,7,9-11H,6,8,12-13H2,1-3H3,(H,25,26). The second kappa shape index (κ2) is 7.39. The van der Waals surface area contributed by atoms with Crippen LogP contribution in [0.25, 0.3) is 0 Å². The molecule has 0 bridgehead atoms. The molecule has 1 unspecified atom stereocenters. The van der Waals surface area contributed by atoms with Crippen molar-refractivity contribution in [2.24, 2.45) is 5.41 Å². The highest BCUT2D eigenvalue weighted by molar-refractivity contribution is 5.95. The van der Waals surface area contributed by atoms with Crippen LogP contribution < -0.4 is 4.74 Å². The summed E-state index contributed by atoms with van der Waals surface area (Å²) in [6, 6.07) is 7.43. The quantitative estimate of drug-likeness (QED) is 0.877. The van der Waals surface area contributed by atoms with Crippen molar-refractivity contribution in [1.82, 2.24) is 9.88 Å². The summed E-state index contributed by atoms with van der Waals surface area (Å²) in [4.78, 5) is 29.9. The molecular formula is C21H24N2O4. The number of benzene rings is 1. The van der Waals surface area contributed by atoms with Crippen LogP contribution in [0.15, 0.2) is 36.7 Å². The molecule has 1 fully saturated rings. The van der Waals surface area contributed by atoms with E-state index in [1.807, 2.05) is 38.1 Å². The number of rotatable bonds is 5. The summed E-state index contributed by atoms with van der Waals surface area (Å²) in [5, 5.41) is 9.36. The van der Waals surface area contributed by atoms with Gasteiger partial charge in [-0.3, -0.25) is 14.6 Å². The number of aryl methyl sites for hydroxylation is 2. The van der Waals surface area contributed by atoms with E-state index in [0.29, 0.717) is 25.1 Å². The third-order valence-electron chi connectivity index (χ3n) is 5.09. The molecule has 1 aliphatic rings. The zero-order chi connectivity index (χ0) is 19.6. The lowest BCUT2D eigenvalue weighted by Gasteiger charge is -2.21. The fourth-order valence-electron chi connectivity index (χ4n) is 3.43. The van der Waals surface area contributed by atoms with E-state index in [2.05, 4.69) is 4.98 Å². The van der Waals surface area contributed by atoms with Gasteiger partial charge in [-0.15, -0.1) is 0 Å². The number of hydrogen-bond acceptors (Lipinski definition) is 4. The van der Waals surface area contributed by atoms with Crippen molar-refractivity contribution in [3.05, 3.63) is 58.9 Å². The summed E-state index contributed by atoms with van der Waals surface area (Å²) in [7, 11) is 0. The molecule has 1 N–H and O–H groups in total. The number of ether oxygens (including phenoxy) is 1. The zero-order valence-corrected chi connectivity index (χ0v) is 15.9. The highest BCUT2D eigenvalue weighted by atomic mass is 16.5. The van der Waals surface area contributed by atoms with Crippen molar-refractivity contribution in [2.75, 3.05) is 13.1 Å². The predicted octanol–water partition coefficient (Wildman–Crippen LogP) is 3.21. The van der Waals surface area contributed by atoms with Crippen molar-refractivity contribution in [3.8, 4) is 5.75 Å². The van der Waals surface area contributed by atoms with Crippen LogP contribution in [0.3, 0.4) is 0 Å². The molecule has 1 aromatic carbocycles. The van der Waals surface area contributed by atoms with Gasteiger partial charge in [0.15, 0.2) is 0 Å². The largest absolute Gasteiger partial charge is 0.488 e. The van der Waals surface area contributed by atoms with E-state index < -0.39 is 11.4 Å². The third kappa shape index (κ3) is 3.94. The smallest absolute Gasteiger partial charge is 0.311 e. The fraction of sp³-hybridized carbons (Fsp3) is 0.381. The summed E-state index contributed by atoms with van der Waals surface area (Å²) >= 11 is 0. The van der Waals surface area contributed by atoms with Gasteiger partial charge in [0, 0.05) is 36.6 Å². The minimum atomic E-state index is -0.869. The van der Waals surface area contributed by atoms with Gasteiger partial charge in [-0.2, -0.15) is 0 Å². The summed E-state index contributed by atoms with van der Waals surface area (Å²) in [5.74, 6) is -0.235. The normalized spacial score (nSPS) is 19.1. The van der Waals surface area contributed by atoms with Crippen molar-refractivity contribution in [3.63, 3.8) is 0 Å². The number of aromatic nitrogens is 1. The number of carbonyl (C=O) groups excluding carboxylic acids is 1. The number of aliphatic carboxylic acids is 1. The Kier molecular flexibility index (Phi) is 5.17. The molecule has 0 aliphatic carbocycles. The van der Waals surface area contributed by atoms with Crippen LogP contribution in [0.2, 0.25) is 0 Å². The molecule has 0 radical (unpaired) electrons. The van der Waals surface area contributed by atoms with Crippen molar-refractivity contribution < 1.29 is 19.4 Å². The molecule has 1 saturated heterocycles. The zero-order valence-electron chi connectivity index (χ0n) is 15.9. The number of carbonyl (C=O) groups is 2. The summed E-state index contributed by atoms with van der Waals surface area (Å²) in [5.41, 5.74) is 2.42. The summed E-state index contributed by atoms with van der Waals surface area (Å²) < 4.78 is 5.94. The van der Waals surface area contributed by atoms with Gasteiger partial charge < -0.3 is 14.7 Å².